The minimum atomic E-state index is -0.302. The minimum absolute atomic E-state index is 0.201. The van der Waals surface area contributed by atoms with Crippen molar-refractivity contribution in [1.29, 1.82) is 0 Å². The molecular weight excluding hydrogens is 285 g/mol. The van der Waals surface area contributed by atoms with E-state index in [4.69, 9.17) is 4.74 Å². The normalized spacial score (nSPS) is 21.0. The minimum Gasteiger partial charge on any atom is -0.379 e. The van der Waals surface area contributed by atoms with Crippen molar-refractivity contribution in [2.24, 2.45) is 0 Å². The Morgan fingerprint density at radius 3 is 2.86 bits per heavy atom. The maximum atomic E-state index is 12.9. The molecule has 0 spiro atoms. The summed E-state index contributed by atoms with van der Waals surface area (Å²) < 4.78 is 18.3. The summed E-state index contributed by atoms with van der Waals surface area (Å²) in [5, 5.41) is 9.90. The Balaban J connectivity index is 1.75. The van der Waals surface area contributed by atoms with Gasteiger partial charge in [-0.2, -0.15) is 5.10 Å². The standard InChI is InChI=1S/C16H18FN3O2/c1-2-16(7-8-22-10-16)18-15(21)14-9-13(19-20-14)11-3-5-12(17)6-4-11/h3-6,9H,2,7-8,10H2,1H3,(H,18,21)(H,19,20). The lowest BCUT2D eigenvalue weighted by molar-refractivity contribution is 0.0869. The van der Waals surface area contributed by atoms with Gasteiger partial charge in [-0.15, -0.1) is 0 Å². The van der Waals surface area contributed by atoms with Crippen LogP contribution in [0.4, 0.5) is 4.39 Å². The van der Waals surface area contributed by atoms with Gasteiger partial charge >= 0.3 is 0 Å². The van der Waals surface area contributed by atoms with E-state index in [0.717, 1.165) is 18.4 Å². The molecule has 1 fully saturated rings. The molecule has 6 heteroatoms. The highest BCUT2D eigenvalue weighted by Gasteiger charge is 2.35. The summed E-state index contributed by atoms with van der Waals surface area (Å²) in [5.41, 5.74) is 1.46. The van der Waals surface area contributed by atoms with Crippen molar-refractivity contribution in [3.63, 3.8) is 0 Å². The van der Waals surface area contributed by atoms with Crippen LogP contribution < -0.4 is 5.32 Å². The van der Waals surface area contributed by atoms with E-state index in [1.165, 1.54) is 12.1 Å². The van der Waals surface area contributed by atoms with Crippen molar-refractivity contribution in [3.8, 4) is 11.3 Å². The van der Waals surface area contributed by atoms with Gasteiger partial charge in [-0.3, -0.25) is 9.89 Å². The molecule has 0 bridgehead atoms. The molecule has 1 aliphatic rings. The molecule has 22 heavy (non-hydrogen) atoms. The quantitative estimate of drug-likeness (QED) is 0.912. The van der Waals surface area contributed by atoms with Gasteiger partial charge in [-0.05, 0) is 43.2 Å². The van der Waals surface area contributed by atoms with E-state index in [1.807, 2.05) is 6.92 Å². The van der Waals surface area contributed by atoms with Crippen LogP contribution in [0.15, 0.2) is 30.3 Å². The van der Waals surface area contributed by atoms with Gasteiger partial charge < -0.3 is 10.1 Å². The van der Waals surface area contributed by atoms with Crippen molar-refractivity contribution < 1.29 is 13.9 Å². The first kappa shape index (κ1) is 14.7. The average molecular weight is 303 g/mol. The molecule has 116 valence electrons. The largest absolute Gasteiger partial charge is 0.379 e. The number of aromatic nitrogens is 2. The molecule has 0 aliphatic carbocycles. The van der Waals surface area contributed by atoms with E-state index in [1.54, 1.807) is 18.2 Å². The van der Waals surface area contributed by atoms with E-state index < -0.39 is 0 Å². The molecule has 0 radical (unpaired) electrons. The summed E-state index contributed by atoms with van der Waals surface area (Å²) >= 11 is 0. The predicted octanol–water partition coefficient (Wildman–Crippen LogP) is 2.51. The number of halogens is 1. The fourth-order valence-electron chi connectivity index (χ4n) is 2.59. The number of carbonyl (C=O) groups excluding carboxylic acids is 1. The Morgan fingerprint density at radius 1 is 1.45 bits per heavy atom. The Labute approximate surface area is 127 Å². The molecule has 1 aromatic carbocycles. The molecular formula is C16H18FN3O2. The number of ether oxygens (including phenoxy) is 1. The van der Waals surface area contributed by atoms with Crippen LogP contribution in [-0.4, -0.2) is 34.9 Å². The monoisotopic (exact) mass is 303 g/mol. The fraction of sp³-hybridized carbons (Fsp3) is 0.375. The Hall–Kier alpha value is -2.21. The highest BCUT2D eigenvalue weighted by molar-refractivity contribution is 5.93. The van der Waals surface area contributed by atoms with Gasteiger partial charge in [-0.1, -0.05) is 6.92 Å². The summed E-state index contributed by atoms with van der Waals surface area (Å²) in [4.78, 5) is 12.4. The van der Waals surface area contributed by atoms with E-state index >= 15 is 0 Å². The molecule has 1 aliphatic heterocycles. The molecule has 2 heterocycles. The zero-order valence-electron chi connectivity index (χ0n) is 12.4. The number of nitrogens with one attached hydrogen (secondary N) is 2. The molecule has 1 atom stereocenters. The number of H-pyrrole nitrogens is 1. The number of rotatable bonds is 4. The maximum absolute atomic E-state index is 12.9. The smallest absolute Gasteiger partial charge is 0.269 e. The first-order chi connectivity index (χ1) is 10.6. The number of hydrogen-bond donors (Lipinski definition) is 2. The van der Waals surface area contributed by atoms with Crippen molar-refractivity contribution >= 4 is 5.91 Å². The van der Waals surface area contributed by atoms with Crippen LogP contribution in [0.5, 0.6) is 0 Å². The van der Waals surface area contributed by atoms with Crippen molar-refractivity contribution in [1.82, 2.24) is 15.5 Å². The molecule has 5 nitrogen and oxygen atoms in total. The molecule has 2 N–H and O–H groups in total. The van der Waals surface area contributed by atoms with E-state index in [2.05, 4.69) is 15.5 Å². The average Bonchev–Trinajstić information content (AvgIpc) is 3.18. The highest BCUT2D eigenvalue weighted by Crippen LogP contribution is 2.23. The van der Waals surface area contributed by atoms with E-state index in [0.29, 0.717) is 24.6 Å². The van der Waals surface area contributed by atoms with Crippen LogP contribution in [0, 0.1) is 5.82 Å². The van der Waals surface area contributed by atoms with Crippen LogP contribution in [0.1, 0.15) is 30.3 Å². The molecule has 0 saturated carbocycles. The molecule has 1 saturated heterocycles. The Morgan fingerprint density at radius 2 is 2.23 bits per heavy atom. The third kappa shape index (κ3) is 2.87. The topological polar surface area (TPSA) is 67.0 Å². The number of nitrogens with zero attached hydrogens (tertiary/aromatic N) is 1. The van der Waals surface area contributed by atoms with Crippen molar-refractivity contribution in [2.75, 3.05) is 13.2 Å². The number of carbonyl (C=O) groups is 1. The SMILES string of the molecule is CCC1(NC(=O)c2cc(-c3ccc(F)cc3)n[nH]2)CCOC1. The first-order valence-electron chi connectivity index (χ1n) is 7.33. The lowest BCUT2D eigenvalue weighted by Crippen LogP contribution is -2.48. The van der Waals surface area contributed by atoms with Crippen LogP contribution in [0.3, 0.4) is 0 Å². The summed E-state index contributed by atoms with van der Waals surface area (Å²) in [6.07, 6.45) is 1.63. The van der Waals surface area contributed by atoms with Crippen LogP contribution in [-0.2, 0) is 4.74 Å². The molecule has 1 aromatic heterocycles. The van der Waals surface area contributed by atoms with Crippen molar-refractivity contribution in [3.05, 3.63) is 41.8 Å². The Kier molecular flexibility index (Phi) is 3.94. The van der Waals surface area contributed by atoms with Gasteiger partial charge in [0.05, 0.1) is 17.8 Å². The lowest BCUT2D eigenvalue weighted by Gasteiger charge is -2.26. The maximum Gasteiger partial charge on any atom is 0.269 e. The van der Waals surface area contributed by atoms with E-state index in [9.17, 15) is 9.18 Å². The van der Waals surface area contributed by atoms with Gasteiger partial charge in [0.2, 0.25) is 0 Å². The Bertz CT molecular complexity index is 660. The third-order valence-corrected chi connectivity index (χ3v) is 4.12. The number of benzene rings is 1. The second-order valence-electron chi connectivity index (χ2n) is 5.56. The molecule has 2 aromatic rings. The zero-order valence-corrected chi connectivity index (χ0v) is 12.4. The number of hydrogen-bond acceptors (Lipinski definition) is 3. The van der Waals surface area contributed by atoms with Crippen LogP contribution >= 0.6 is 0 Å². The van der Waals surface area contributed by atoms with Gasteiger partial charge in [0.25, 0.3) is 5.91 Å². The second-order valence-corrected chi connectivity index (χ2v) is 5.56. The third-order valence-electron chi connectivity index (χ3n) is 4.12. The number of aromatic amines is 1. The zero-order chi connectivity index (χ0) is 15.6. The molecule has 1 amide bonds. The van der Waals surface area contributed by atoms with Crippen LogP contribution in [0.2, 0.25) is 0 Å². The summed E-state index contributed by atoms with van der Waals surface area (Å²) in [6, 6.07) is 7.66. The molecule has 1 unspecified atom stereocenters. The van der Waals surface area contributed by atoms with Crippen molar-refractivity contribution in [2.45, 2.75) is 25.3 Å². The highest BCUT2D eigenvalue weighted by atomic mass is 19.1. The fourth-order valence-corrected chi connectivity index (χ4v) is 2.59. The van der Waals surface area contributed by atoms with Gasteiger partial charge in [0, 0.05) is 12.2 Å². The predicted molar refractivity (Wildman–Crippen MR) is 79.9 cm³/mol. The van der Waals surface area contributed by atoms with Crippen LogP contribution in [0.25, 0.3) is 11.3 Å². The van der Waals surface area contributed by atoms with Gasteiger partial charge in [0.15, 0.2) is 0 Å². The second kappa shape index (κ2) is 5.88. The van der Waals surface area contributed by atoms with Gasteiger partial charge in [-0.25, -0.2) is 4.39 Å². The summed E-state index contributed by atoms with van der Waals surface area (Å²) in [6.45, 7) is 3.23. The summed E-state index contributed by atoms with van der Waals surface area (Å²) in [7, 11) is 0. The summed E-state index contributed by atoms with van der Waals surface area (Å²) in [5.74, 6) is -0.503. The molecule has 3 rings (SSSR count). The first-order valence-corrected chi connectivity index (χ1v) is 7.33. The lowest BCUT2D eigenvalue weighted by atomic mass is 9.95. The van der Waals surface area contributed by atoms with Gasteiger partial charge in [0.1, 0.15) is 11.5 Å². The van der Waals surface area contributed by atoms with E-state index in [-0.39, 0.29) is 17.3 Å². The number of amides is 1.